The minimum atomic E-state index is -4.68. The fraction of sp³-hybridized carbons (Fsp3) is 0.600. The van der Waals surface area contributed by atoms with E-state index >= 15 is 0 Å². The van der Waals surface area contributed by atoms with Gasteiger partial charge in [0.05, 0.1) is 17.3 Å². The topological polar surface area (TPSA) is 67.2 Å². The Kier molecular flexibility index (Phi) is 4.57. The maximum absolute atomic E-state index is 13.4. The number of amides is 1. The zero-order valence-corrected chi connectivity index (χ0v) is 13.2. The molecule has 1 amide bonds. The van der Waals surface area contributed by atoms with Crippen LogP contribution in [0.1, 0.15) is 43.2 Å². The van der Waals surface area contributed by atoms with Crippen molar-refractivity contribution in [1.82, 2.24) is 15.1 Å². The van der Waals surface area contributed by atoms with Gasteiger partial charge < -0.3 is 10.4 Å². The number of carbonyl (C=O) groups excluding carboxylic acids is 1. The van der Waals surface area contributed by atoms with Crippen LogP contribution < -0.4 is 5.32 Å². The smallest absolute Gasteiger partial charge is 0.396 e. The zero-order valence-electron chi connectivity index (χ0n) is 13.2. The Labute approximate surface area is 132 Å². The number of aliphatic hydroxyl groups is 1. The van der Waals surface area contributed by atoms with Gasteiger partial charge in [-0.05, 0) is 27.2 Å². The van der Waals surface area contributed by atoms with Crippen molar-refractivity contribution in [2.45, 2.75) is 44.9 Å². The molecule has 2 N–H and O–H groups in total. The molecule has 8 heteroatoms. The molecule has 2 rings (SSSR count). The molecule has 2 atom stereocenters. The largest absolute Gasteiger partial charge is 0.433 e. The number of rotatable bonds is 3. The lowest BCUT2D eigenvalue weighted by molar-refractivity contribution is -0.146. The van der Waals surface area contributed by atoms with Crippen molar-refractivity contribution in [1.29, 1.82) is 0 Å². The molecule has 1 aliphatic carbocycles. The molecule has 0 saturated heterocycles. The van der Waals surface area contributed by atoms with Crippen LogP contribution in [-0.2, 0) is 11.7 Å². The number of halogens is 3. The van der Waals surface area contributed by atoms with Crippen LogP contribution >= 0.6 is 0 Å². The third-order valence-corrected chi connectivity index (χ3v) is 3.64. The Balaban J connectivity index is 2.28. The van der Waals surface area contributed by atoms with Crippen LogP contribution in [0.25, 0.3) is 0 Å². The van der Waals surface area contributed by atoms with E-state index in [9.17, 15) is 18.0 Å². The van der Waals surface area contributed by atoms with Crippen molar-refractivity contribution in [3.63, 3.8) is 0 Å². The normalized spacial score (nSPS) is 21.7. The first-order valence-corrected chi connectivity index (χ1v) is 7.29. The molecule has 1 aliphatic rings. The summed E-state index contributed by atoms with van der Waals surface area (Å²) in [6, 6.07) is -0.390. The Morgan fingerprint density at radius 3 is 2.52 bits per heavy atom. The Bertz CT molecular complexity index is 614. The summed E-state index contributed by atoms with van der Waals surface area (Å²) in [6.45, 7) is 4.70. The highest BCUT2D eigenvalue weighted by atomic mass is 19.4. The third kappa shape index (κ3) is 3.74. The fourth-order valence-corrected chi connectivity index (χ4v) is 2.56. The minimum absolute atomic E-state index is 0.0569. The van der Waals surface area contributed by atoms with Crippen LogP contribution in [0.5, 0.6) is 0 Å². The molecule has 0 bridgehead atoms. The average molecular weight is 331 g/mol. The summed E-state index contributed by atoms with van der Waals surface area (Å²) in [4.78, 5) is 12.2. The number of alkyl halides is 3. The molecule has 5 nitrogen and oxygen atoms in total. The van der Waals surface area contributed by atoms with Gasteiger partial charge in [-0.1, -0.05) is 12.2 Å². The SMILES string of the molecule is CC(C)(C)n1ncc(C(=O)N[C@@H]2C=C[C@H](CO)C2)c1C(F)(F)F. The molecule has 0 spiro atoms. The number of nitrogens with zero attached hydrogens (tertiary/aromatic N) is 2. The van der Waals surface area contributed by atoms with E-state index in [1.54, 1.807) is 32.9 Å². The zero-order chi connectivity index (χ0) is 17.4. The maximum atomic E-state index is 13.4. The molecule has 1 aromatic heterocycles. The predicted molar refractivity (Wildman–Crippen MR) is 77.8 cm³/mol. The van der Waals surface area contributed by atoms with Crippen molar-refractivity contribution in [2.24, 2.45) is 5.92 Å². The van der Waals surface area contributed by atoms with Crippen molar-refractivity contribution >= 4 is 5.91 Å². The van der Waals surface area contributed by atoms with Crippen LogP contribution in [0.3, 0.4) is 0 Å². The molecule has 0 aromatic carbocycles. The molecule has 1 aromatic rings. The third-order valence-electron chi connectivity index (χ3n) is 3.64. The van der Waals surface area contributed by atoms with Crippen LogP contribution in [0.2, 0.25) is 0 Å². The molecule has 0 unspecified atom stereocenters. The maximum Gasteiger partial charge on any atom is 0.433 e. The molecular weight excluding hydrogens is 311 g/mol. The van der Waals surface area contributed by atoms with Crippen LogP contribution in [0, 0.1) is 5.92 Å². The van der Waals surface area contributed by atoms with E-state index in [1.165, 1.54) is 0 Å². The van der Waals surface area contributed by atoms with Crippen LogP contribution in [0.15, 0.2) is 18.3 Å². The number of aromatic nitrogens is 2. The molecular formula is C15H20F3N3O2. The van der Waals surface area contributed by atoms with E-state index < -0.39 is 34.9 Å². The van der Waals surface area contributed by atoms with Crippen LogP contribution in [0.4, 0.5) is 13.2 Å². The fourth-order valence-electron chi connectivity index (χ4n) is 2.56. The van der Waals surface area contributed by atoms with Gasteiger partial charge in [0.15, 0.2) is 5.69 Å². The van der Waals surface area contributed by atoms with Crippen molar-refractivity contribution in [2.75, 3.05) is 6.61 Å². The molecule has 0 aliphatic heterocycles. The highest BCUT2D eigenvalue weighted by Gasteiger charge is 2.42. The summed E-state index contributed by atoms with van der Waals surface area (Å²) in [5.41, 5.74) is -2.45. The highest BCUT2D eigenvalue weighted by molar-refractivity contribution is 5.95. The van der Waals surface area contributed by atoms with Gasteiger partial charge in [0.1, 0.15) is 0 Å². The van der Waals surface area contributed by atoms with Gasteiger partial charge in [0, 0.05) is 18.6 Å². The van der Waals surface area contributed by atoms with Crippen molar-refractivity contribution in [3.05, 3.63) is 29.6 Å². The number of aliphatic hydroxyl groups excluding tert-OH is 1. The lowest BCUT2D eigenvalue weighted by Gasteiger charge is -2.24. The van der Waals surface area contributed by atoms with Gasteiger partial charge in [-0.15, -0.1) is 0 Å². The summed E-state index contributed by atoms with van der Waals surface area (Å²) in [5, 5.41) is 15.4. The standard InChI is InChI=1S/C15H20F3N3O2/c1-14(2,3)21-12(15(16,17)18)11(7-19-21)13(23)20-10-5-4-9(6-10)8-22/h4-5,7,9-10,22H,6,8H2,1-3H3,(H,20,23)/t9-,10+/m0/s1. The van der Waals surface area contributed by atoms with Gasteiger partial charge in [0.25, 0.3) is 5.91 Å². The monoisotopic (exact) mass is 331 g/mol. The average Bonchev–Trinajstić information content (AvgIpc) is 3.02. The molecule has 0 fully saturated rings. The van der Waals surface area contributed by atoms with Gasteiger partial charge in [-0.2, -0.15) is 18.3 Å². The van der Waals surface area contributed by atoms with Gasteiger partial charge in [-0.25, -0.2) is 0 Å². The second-order valence-corrected chi connectivity index (χ2v) is 6.63. The van der Waals surface area contributed by atoms with E-state index in [0.29, 0.717) is 6.42 Å². The number of hydrogen-bond donors (Lipinski definition) is 2. The summed E-state index contributed by atoms with van der Waals surface area (Å²) in [6.07, 6.45) is 0.159. The Morgan fingerprint density at radius 1 is 1.39 bits per heavy atom. The summed E-state index contributed by atoms with van der Waals surface area (Å²) < 4.78 is 40.9. The van der Waals surface area contributed by atoms with Crippen LogP contribution in [-0.4, -0.2) is 33.4 Å². The summed E-state index contributed by atoms with van der Waals surface area (Å²) in [5.74, 6) is -0.902. The number of hydrogen-bond acceptors (Lipinski definition) is 3. The van der Waals surface area contributed by atoms with Gasteiger partial charge in [0.2, 0.25) is 0 Å². The first-order valence-electron chi connectivity index (χ1n) is 7.29. The summed E-state index contributed by atoms with van der Waals surface area (Å²) in [7, 11) is 0. The Morgan fingerprint density at radius 2 is 2.04 bits per heavy atom. The van der Waals surface area contributed by atoms with E-state index in [4.69, 9.17) is 5.11 Å². The van der Waals surface area contributed by atoms with E-state index in [0.717, 1.165) is 10.9 Å². The highest BCUT2D eigenvalue weighted by Crippen LogP contribution is 2.35. The quantitative estimate of drug-likeness (QED) is 0.836. The number of carbonyl (C=O) groups is 1. The molecule has 0 radical (unpaired) electrons. The molecule has 128 valence electrons. The van der Waals surface area contributed by atoms with E-state index in [2.05, 4.69) is 10.4 Å². The minimum Gasteiger partial charge on any atom is -0.396 e. The van der Waals surface area contributed by atoms with Gasteiger partial charge >= 0.3 is 6.18 Å². The lowest BCUT2D eigenvalue weighted by Crippen LogP contribution is -2.35. The second kappa shape index (κ2) is 5.99. The number of nitrogens with one attached hydrogen (secondary N) is 1. The first kappa shape index (κ1) is 17.5. The molecule has 1 heterocycles. The second-order valence-electron chi connectivity index (χ2n) is 6.63. The van der Waals surface area contributed by atoms with E-state index in [1.807, 2.05) is 0 Å². The molecule has 0 saturated carbocycles. The Hall–Kier alpha value is -1.83. The molecule has 23 heavy (non-hydrogen) atoms. The van der Waals surface area contributed by atoms with Gasteiger partial charge in [-0.3, -0.25) is 9.48 Å². The lowest BCUT2D eigenvalue weighted by atomic mass is 10.1. The predicted octanol–water partition coefficient (Wildman–Crippen LogP) is 2.32. The van der Waals surface area contributed by atoms with Crippen molar-refractivity contribution < 1.29 is 23.1 Å². The first-order chi connectivity index (χ1) is 10.5. The van der Waals surface area contributed by atoms with E-state index in [-0.39, 0.29) is 12.5 Å². The van der Waals surface area contributed by atoms with Crippen molar-refractivity contribution in [3.8, 4) is 0 Å². The summed E-state index contributed by atoms with van der Waals surface area (Å²) >= 11 is 0.